The molecule has 7 heteroatoms. The highest BCUT2D eigenvalue weighted by Gasteiger charge is 2.48. The van der Waals surface area contributed by atoms with Gasteiger partial charge in [-0.3, -0.25) is 4.98 Å². The van der Waals surface area contributed by atoms with Gasteiger partial charge in [0.1, 0.15) is 0 Å². The fourth-order valence-electron chi connectivity index (χ4n) is 1.69. The summed E-state index contributed by atoms with van der Waals surface area (Å²) >= 11 is 5.89. The van der Waals surface area contributed by atoms with E-state index in [0.717, 1.165) is 6.07 Å². The van der Waals surface area contributed by atoms with Crippen LogP contribution in [0.5, 0.6) is 0 Å². The van der Waals surface area contributed by atoms with Crippen molar-refractivity contribution in [1.82, 2.24) is 4.98 Å². The van der Waals surface area contributed by atoms with Gasteiger partial charge in [-0.1, -0.05) is 17.7 Å². The molecular formula is C12H8ClF2NO3. The second kappa shape index (κ2) is 4.71. The van der Waals surface area contributed by atoms with Crippen molar-refractivity contribution < 1.29 is 23.8 Å². The Morgan fingerprint density at radius 2 is 2.05 bits per heavy atom. The number of nitrogens with zero attached hydrogens (tertiary/aromatic N) is 1. The van der Waals surface area contributed by atoms with Crippen LogP contribution in [0.2, 0.25) is 5.02 Å². The number of carbonyl (C=O) groups is 1. The maximum absolute atomic E-state index is 13.3. The zero-order chi connectivity index (χ0) is 14.2. The Morgan fingerprint density at radius 3 is 2.68 bits per heavy atom. The lowest BCUT2D eigenvalue weighted by Gasteiger charge is -2.19. The van der Waals surface area contributed by atoms with Gasteiger partial charge in [0, 0.05) is 22.2 Å². The van der Waals surface area contributed by atoms with Crippen LogP contribution >= 0.6 is 11.6 Å². The molecule has 2 N–H and O–H groups in total. The summed E-state index contributed by atoms with van der Waals surface area (Å²) in [6.07, 6.45) is -1.16. The van der Waals surface area contributed by atoms with E-state index in [1.807, 2.05) is 0 Å². The number of hydrogen-bond donors (Lipinski definition) is 2. The summed E-state index contributed by atoms with van der Waals surface area (Å²) in [6, 6.07) is 5.54. The average Bonchev–Trinajstić information content (AvgIpc) is 2.38. The first-order valence-electron chi connectivity index (χ1n) is 5.18. The zero-order valence-electron chi connectivity index (χ0n) is 9.35. The Balaban J connectivity index is 2.64. The Hall–Kier alpha value is -1.79. The van der Waals surface area contributed by atoms with E-state index < -0.39 is 18.0 Å². The molecule has 1 aromatic carbocycles. The number of fused-ring (bicyclic) bond motifs is 1. The summed E-state index contributed by atoms with van der Waals surface area (Å²) in [7, 11) is 0. The van der Waals surface area contributed by atoms with E-state index >= 15 is 0 Å². The highest BCUT2D eigenvalue weighted by molar-refractivity contribution is 6.35. The van der Waals surface area contributed by atoms with E-state index in [2.05, 4.69) is 4.98 Å². The molecule has 0 aliphatic rings. The third kappa shape index (κ3) is 2.24. The second-order valence-corrected chi connectivity index (χ2v) is 4.27. The predicted octanol–water partition coefficient (Wildman–Crippen LogP) is 2.64. The van der Waals surface area contributed by atoms with Crippen LogP contribution in [0.15, 0.2) is 30.5 Å². The molecule has 4 nitrogen and oxygen atoms in total. The van der Waals surface area contributed by atoms with Crippen LogP contribution in [-0.2, 0) is 4.79 Å². The fourth-order valence-corrected chi connectivity index (χ4v) is 1.91. The van der Waals surface area contributed by atoms with Gasteiger partial charge in [-0.15, -0.1) is 0 Å². The number of aliphatic hydroxyl groups excluding tert-OH is 1. The van der Waals surface area contributed by atoms with Crippen molar-refractivity contribution >= 4 is 28.5 Å². The Bertz CT molecular complexity index is 648. The molecule has 2 aromatic rings. The summed E-state index contributed by atoms with van der Waals surface area (Å²) in [4.78, 5) is 14.3. The second-order valence-electron chi connectivity index (χ2n) is 3.87. The number of rotatable bonds is 3. The van der Waals surface area contributed by atoms with Gasteiger partial charge < -0.3 is 10.2 Å². The largest absolute Gasteiger partial charge is 0.477 e. The lowest BCUT2D eigenvalue weighted by atomic mass is 10.00. The number of hydrogen-bond acceptors (Lipinski definition) is 3. The highest BCUT2D eigenvalue weighted by Crippen LogP contribution is 2.36. The zero-order valence-corrected chi connectivity index (χ0v) is 10.1. The van der Waals surface area contributed by atoms with Gasteiger partial charge in [-0.2, -0.15) is 8.78 Å². The van der Waals surface area contributed by atoms with Crippen molar-refractivity contribution in [1.29, 1.82) is 0 Å². The molecule has 1 aromatic heterocycles. The summed E-state index contributed by atoms with van der Waals surface area (Å²) in [5.41, 5.74) is -0.240. The van der Waals surface area contributed by atoms with Crippen molar-refractivity contribution in [3.05, 3.63) is 41.0 Å². The molecule has 0 bridgehead atoms. The molecule has 0 aliphatic heterocycles. The molecule has 0 aliphatic carbocycles. The molecular weight excluding hydrogens is 280 g/mol. The lowest BCUT2D eigenvalue weighted by molar-refractivity contribution is -0.182. The molecule has 100 valence electrons. The Labute approximate surface area is 111 Å². The van der Waals surface area contributed by atoms with E-state index in [4.69, 9.17) is 16.7 Å². The van der Waals surface area contributed by atoms with Crippen LogP contribution in [0, 0.1) is 0 Å². The van der Waals surface area contributed by atoms with Gasteiger partial charge in [-0.05, 0) is 18.2 Å². The smallest absolute Gasteiger partial charge is 0.377 e. The SMILES string of the molecule is O=C(O)C(F)(F)C(O)c1ccc(Cl)c2cccnc12. The monoisotopic (exact) mass is 287 g/mol. The fraction of sp³-hybridized carbons (Fsp3) is 0.167. The van der Waals surface area contributed by atoms with Gasteiger partial charge in [0.2, 0.25) is 0 Å². The number of benzene rings is 1. The first-order valence-corrected chi connectivity index (χ1v) is 5.56. The molecule has 1 heterocycles. The first-order chi connectivity index (χ1) is 8.85. The summed E-state index contributed by atoms with van der Waals surface area (Å²) in [5.74, 6) is -6.71. The number of halogens is 3. The van der Waals surface area contributed by atoms with E-state index in [1.165, 1.54) is 12.3 Å². The van der Waals surface area contributed by atoms with Crippen molar-refractivity contribution in [3.63, 3.8) is 0 Å². The number of pyridine rings is 1. The van der Waals surface area contributed by atoms with Crippen molar-refractivity contribution in [3.8, 4) is 0 Å². The van der Waals surface area contributed by atoms with Crippen LogP contribution in [0.1, 0.15) is 11.7 Å². The Kier molecular flexibility index (Phi) is 3.38. The van der Waals surface area contributed by atoms with Crippen molar-refractivity contribution in [2.45, 2.75) is 12.0 Å². The molecule has 0 saturated carbocycles. The van der Waals surface area contributed by atoms with E-state index in [9.17, 15) is 18.7 Å². The van der Waals surface area contributed by atoms with Gasteiger partial charge in [0.15, 0.2) is 6.10 Å². The van der Waals surface area contributed by atoms with Crippen LogP contribution in [0.3, 0.4) is 0 Å². The van der Waals surface area contributed by atoms with Crippen molar-refractivity contribution in [2.75, 3.05) is 0 Å². The Morgan fingerprint density at radius 1 is 1.37 bits per heavy atom. The summed E-state index contributed by atoms with van der Waals surface area (Å²) in [5, 5.41) is 18.7. The first kappa shape index (κ1) is 13.6. The molecule has 0 amide bonds. The van der Waals surface area contributed by atoms with Gasteiger partial charge >= 0.3 is 11.9 Å². The number of aliphatic carboxylic acids is 1. The molecule has 0 spiro atoms. The number of carboxylic acid groups (broad SMARTS) is 1. The van der Waals surface area contributed by atoms with Crippen LogP contribution in [-0.4, -0.2) is 27.1 Å². The predicted molar refractivity (Wildman–Crippen MR) is 64.3 cm³/mol. The topological polar surface area (TPSA) is 70.4 Å². The summed E-state index contributed by atoms with van der Waals surface area (Å²) < 4.78 is 26.7. The van der Waals surface area contributed by atoms with Gasteiger partial charge in [-0.25, -0.2) is 4.79 Å². The minimum absolute atomic E-state index is 0.0448. The molecule has 0 fully saturated rings. The van der Waals surface area contributed by atoms with E-state index in [0.29, 0.717) is 5.39 Å². The standard InChI is InChI=1S/C12H8ClF2NO3/c13-8-4-3-7(9-6(8)2-1-5-16-9)10(17)12(14,15)11(18)19/h1-5,10,17H,(H,18,19). The molecule has 0 radical (unpaired) electrons. The minimum atomic E-state index is -4.31. The van der Waals surface area contributed by atoms with Crippen LogP contribution < -0.4 is 0 Å². The number of carboxylic acids is 1. The van der Waals surface area contributed by atoms with E-state index in [1.54, 1.807) is 12.1 Å². The third-order valence-corrected chi connectivity index (χ3v) is 3.00. The normalized spacial score (nSPS) is 13.5. The van der Waals surface area contributed by atoms with Crippen LogP contribution in [0.25, 0.3) is 10.9 Å². The summed E-state index contributed by atoms with van der Waals surface area (Å²) in [6.45, 7) is 0. The lowest BCUT2D eigenvalue weighted by Crippen LogP contribution is -2.35. The quantitative estimate of drug-likeness (QED) is 0.910. The molecule has 2 rings (SSSR count). The highest BCUT2D eigenvalue weighted by atomic mass is 35.5. The molecule has 0 saturated heterocycles. The van der Waals surface area contributed by atoms with Crippen molar-refractivity contribution in [2.24, 2.45) is 0 Å². The number of aromatic nitrogens is 1. The molecule has 1 unspecified atom stereocenters. The van der Waals surface area contributed by atoms with Gasteiger partial charge in [0.25, 0.3) is 0 Å². The van der Waals surface area contributed by atoms with E-state index in [-0.39, 0.29) is 16.1 Å². The maximum atomic E-state index is 13.3. The number of alkyl halides is 2. The van der Waals surface area contributed by atoms with Crippen LogP contribution in [0.4, 0.5) is 8.78 Å². The van der Waals surface area contributed by atoms with Gasteiger partial charge in [0.05, 0.1) is 5.52 Å². The maximum Gasteiger partial charge on any atom is 0.377 e. The molecule has 19 heavy (non-hydrogen) atoms. The number of aliphatic hydroxyl groups is 1. The average molecular weight is 288 g/mol. The molecule has 1 atom stereocenters. The minimum Gasteiger partial charge on any atom is -0.477 e. The third-order valence-electron chi connectivity index (χ3n) is 2.67.